The Kier molecular flexibility index (Phi) is 7.67. The number of carbonyl (C=O) groups is 1. The van der Waals surface area contributed by atoms with E-state index < -0.39 is 24.0 Å². The number of pyridine rings is 1. The quantitative estimate of drug-likeness (QED) is 0.361. The van der Waals surface area contributed by atoms with E-state index in [1.807, 2.05) is 14.0 Å². The third-order valence-electron chi connectivity index (χ3n) is 7.92. The molecule has 1 aromatic carbocycles. The number of nitrogens with one attached hydrogen (secondary N) is 2. The van der Waals surface area contributed by atoms with Crippen LogP contribution in [-0.4, -0.2) is 69.6 Å². The number of carbonyl (C=O) groups excluding carboxylic acids is 1. The number of amides is 1. The van der Waals surface area contributed by atoms with Gasteiger partial charge in [0, 0.05) is 47.8 Å². The fourth-order valence-electron chi connectivity index (χ4n) is 5.70. The van der Waals surface area contributed by atoms with Gasteiger partial charge in [0.05, 0.1) is 34.8 Å². The minimum atomic E-state index is -4.68. The molecule has 2 fully saturated rings. The van der Waals surface area contributed by atoms with E-state index in [0.29, 0.717) is 29.6 Å². The Morgan fingerprint density at radius 2 is 2.05 bits per heavy atom. The Balaban J connectivity index is 1.42. The third kappa shape index (κ3) is 5.47. The lowest BCUT2D eigenvalue weighted by Gasteiger charge is -2.39. The molecular formula is C29H32F4N6O. The lowest BCUT2D eigenvalue weighted by Crippen LogP contribution is -2.53. The maximum Gasteiger partial charge on any atom is 0.417 e. The number of halogens is 4. The Morgan fingerprint density at radius 3 is 2.77 bits per heavy atom. The summed E-state index contributed by atoms with van der Waals surface area (Å²) in [6.07, 6.45) is 2.81. The molecule has 5 rings (SSSR count). The number of aromatic nitrogens is 3. The average molecular weight is 557 g/mol. The summed E-state index contributed by atoms with van der Waals surface area (Å²) in [6, 6.07) is 6.28. The zero-order chi connectivity index (χ0) is 28.6. The zero-order valence-electron chi connectivity index (χ0n) is 22.4. The molecule has 2 bridgehead atoms. The van der Waals surface area contributed by atoms with Gasteiger partial charge in [0.1, 0.15) is 6.17 Å². The summed E-state index contributed by atoms with van der Waals surface area (Å²) in [6.45, 7) is 5.95. The van der Waals surface area contributed by atoms with Gasteiger partial charge in [-0.2, -0.15) is 18.3 Å². The maximum absolute atomic E-state index is 15.4. The minimum Gasteiger partial charge on any atom is -0.379 e. The van der Waals surface area contributed by atoms with E-state index in [0.717, 1.165) is 12.8 Å². The Morgan fingerprint density at radius 1 is 1.25 bits per heavy atom. The summed E-state index contributed by atoms with van der Waals surface area (Å²) in [7, 11) is 1.95. The van der Waals surface area contributed by atoms with Gasteiger partial charge in [0.15, 0.2) is 0 Å². The molecule has 11 heteroatoms. The van der Waals surface area contributed by atoms with Gasteiger partial charge in [-0.1, -0.05) is 24.8 Å². The van der Waals surface area contributed by atoms with Crippen molar-refractivity contribution < 1.29 is 22.4 Å². The molecular weight excluding hydrogens is 524 g/mol. The number of nitrogens with zero attached hydrogens (tertiary/aromatic N) is 4. The Bertz CT molecular complexity index is 1450. The molecule has 0 saturated carbocycles. The molecule has 1 amide bonds. The number of hydrogen-bond donors (Lipinski definition) is 2. The molecule has 4 heterocycles. The van der Waals surface area contributed by atoms with Gasteiger partial charge in [0.2, 0.25) is 0 Å². The first-order valence-electron chi connectivity index (χ1n) is 13.4. The van der Waals surface area contributed by atoms with Crippen molar-refractivity contribution in [2.75, 3.05) is 18.9 Å². The molecule has 4 atom stereocenters. The van der Waals surface area contributed by atoms with Crippen LogP contribution in [0.3, 0.4) is 0 Å². The number of piperidine rings is 1. The molecule has 0 radical (unpaired) electrons. The van der Waals surface area contributed by atoms with Crippen molar-refractivity contribution in [1.29, 1.82) is 0 Å². The number of rotatable bonds is 8. The van der Waals surface area contributed by atoms with Gasteiger partial charge in [0.25, 0.3) is 5.91 Å². The van der Waals surface area contributed by atoms with Crippen LogP contribution in [0.15, 0.2) is 49.3 Å². The standard InChI is InChI=1S/C29H32F4N6O/c1-4-39-16-18(15-35-39)28(40)34-12-6-7-19-13-22-21(27(36-19)17(2)29(31,32)33)8-5-9-23(22)37-24-14-20-10-11-25(26(24)30)38(20)3/h5-9,13,15-16,20,24-26,37H,2,4,10-12,14H2,1,3H3,(H,34,40)/b7-6+/t20-,24-,25+,26-/m1/s1. The third-order valence-corrected chi connectivity index (χ3v) is 7.92. The first kappa shape index (κ1) is 27.8. The van der Waals surface area contributed by atoms with Crippen LogP contribution in [0.1, 0.15) is 47.9 Å². The highest BCUT2D eigenvalue weighted by atomic mass is 19.4. The monoisotopic (exact) mass is 556 g/mol. The molecule has 0 aliphatic carbocycles. The normalized spacial score (nSPS) is 23.1. The van der Waals surface area contributed by atoms with Gasteiger partial charge in [-0.25, -0.2) is 9.37 Å². The predicted molar refractivity (Wildman–Crippen MR) is 148 cm³/mol. The number of anilines is 1. The van der Waals surface area contributed by atoms with E-state index in [-0.39, 0.29) is 41.3 Å². The maximum atomic E-state index is 15.4. The molecule has 0 unspecified atom stereocenters. The predicted octanol–water partition coefficient (Wildman–Crippen LogP) is 5.46. The van der Waals surface area contributed by atoms with Crippen molar-refractivity contribution in [1.82, 2.24) is 25.0 Å². The number of benzene rings is 1. The van der Waals surface area contributed by atoms with Crippen LogP contribution in [0.25, 0.3) is 22.4 Å². The highest BCUT2D eigenvalue weighted by molar-refractivity contribution is 6.01. The summed E-state index contributed by atoms with van der Waals surface area (Å²) in [5.41, 5.74) is -0.137. The molecule has 40 heavy (non-hydrogen) atoms. The molecule has 2 aromatic heterocycles. The minimum absolute atomic E-state index is 0.132. The Labute approximate surface area is 229 Å². The van der Waals surface area contributed by atoms with Crippen molar-refractivity contribution in [2.24, 2.45) is 0 Å². The van der Waals surface area contributed by atoms with Crippen molar-refractivity contribution in [3.8, 4) is 0 Å². The van der Waals surface area contributed by atoms with Crippen molar-refractivity contribution in [2.45, 2.75) is 63.2 Å². The second-order valence-electron chi connectivity index (χ2n) is 10.4. The molecule has 0 spiro atoms. The average Bonchev–Trinajstić information content (AvgIpc) is 3.51. The molecule has 2 aliphatic heterocycles. The van der Waals surface area contributed by atoms with E-state index in [2.05, 4.69) is 32.2 Å². The van der Waals surface area contributed by atoms with Gasteiger partial charge >= 0.3 is 6.18 Å². The molecule has 2 aliphatic rings. The molecule has 3 aromatic rings. The van der Waals surface area contributed by atoms with Crippen molar-refractivity contribution >= 4 is 34.0 Å². The van der Waals surface area contributed by atoms with E-state index in [1.54, 1.807) is 47.3 Å². The van der Waals surface area contributed by atoms with Gasteiger partial charge < -0.3 is 10.6 Å². The van der Waals surface area contributed by atoms with Crippen LogP contribution in [0.4, 0.5) is 23.2 Å². The number of aryl methyl sites for hydroxylation is 1. The molecule has 2 N–H and O–H groups in total. The van der Waals surface area contributed by atoms with E-state index >= 15 is 4.39 Å². The number of fused-ring (bicyclic) bond motifs is 3. The van der Waals surface area contributed by atoms with Crippen LogP contribution in [0.2, 0.25) is 0 Å². The first-order chi connectivity index (χ1) is 19.1. The zero-order valence-corrected chi connectivity index (χ0v) is 22.4. The van der Waals surface area contributed by atoms with Crippen LogP contribution in [0.5, 0.6) is 0 Å². The highest BCUT2D eigenvalue weighted by Crippen LogP contribution is 2.40. The summed E-state index contributed by atoms with van der Waals surface area (Å²) < 4.78 is 58.3. The molecule has 212 valence electrons. The second-order valence-corrected chi connectivity index (χ2v) is 10.4. The highest BCUT2D eigenvalue weighted by Gasteiger charge is 2.46. The number of hydrogen-bond acceptors (Lipinski definition) is 5. The van der Waals surface area contributed by atoms with Gasteiger partial charge in [-0.3, -0.25) is 14.4 Å². The van der Waals surface area contributed by atoms with Crippen LogP contribution < -0.4 is 10.6 Å². The lowest BCUT2D eigenvalue weighted by atomic mass is 9.95. The molecule has 7 nitrogen and oxygen atoms in total. The van der Waals surface area contributed by atoms with E-state index in [1.165, 1.54) is 6.20 Å². The van der Waals surface area contributed by atoms with Crippen LogP contribution in [-0.2, 0) is 6.54 Å². The lowest BCUT2D eigenvalue weighted by molar-refractivity contribution is -0.0688. The Hall–Kier alpha value is -3.73. The SMILES string of the molecule is C=C(c1nc(/C=C/CNC(=O)c2cnn(CC)c2)cc2c(N[C@@H]3C[C@H]4CC[C@@H]([C@@H]3F)N4C)cccc12)C(F)(F)F. The van der Waals surface area contributed by atoms with Crippen molar-refractivity contribution in [3.05, 3.63) is 66.3 Å². The van der Waals surface area contributed by atoms with Crippen LogP contribution in [0, 0.1) is 0 Å². The first-order valence-corrected chi connectivity index (χ1v) is 13.4. The largest absolute Gasteiger partial charge is 0.417 e. The van der Waals surface area contributed by atoms with Crippen LogP contribution >= 0.6 is 0 Å². The van der Waals surface area contributed by atoms with E-state index in [4.69, 9.17) is 0 Å². The smallest absolute Gasteiger partial charge is 0.379 e. The number of alkyl halides is 4. The summed E-state index contributed by atoms with van der Waals surface area (Å²) >= 11 is 0. The van der Waals surface area contributed by atoms with Gasteiger partial charge in [-0.15, -0.1) is 0 Å². The topological polar surface area (TPSA) is 75.1 Å². The summed E-state index contributed by atoms with van der Waals surface area (Å²) in [5.74, 6) is -0.318. The fourth-order valence-corrected chi connectivity index (χ4v) is 5.70. The van der Waals surface area contributed by atoms with Gasteiger partial charge in [-0.05, 0) is 51.4 Å². The fraction of sp³-hybridized carbons (Fsp3) is 0.414. The summed E-state index contributed by atoms with van der Waals surface area (Å²) in [5, 5.41) is 10.9. The summed E-state index contributed by atoms with van der Waals surface area (Å²) in [4.78, 5) is 18.7. The second kappa shape index (κ2) is 11.0. The number of allylic oxidation sites excluding steroid dienone is 1. The van der Waals surface area contributed by atoms with E-state index in [9.17, 15) is 18.0 Å². The van der Waals surface area contributed by atoms with Crippen molar-refractivity contribution in [3.63, 3.8) is 0 Å². The molecule has 2 saturated heterocycles.